The van der Waals surface area contributed by atoms with E-state index in [1.807, 2.05) is 0 Å². The third-order valence-electron chi connectivity index (χ3n) is 5.40. The number of pyridine rings is 1. The van der Waals surface area contributed by atoms with Gasteiger partial charge in [-0.15, -0.1) is 0 Å². The van der Waals surface area contributed by atoms with Crippen LogP contribution in [0.4, 0.5) is 14.6 Å². The highest BCUT2D eigenvalue weighted by molar-refractivity contribution is 5.64. The summed E-state index contributed by atoms with van der Waals surface area (Å²) in [5.74, 6) is 1.98. The molecule has 134 valence electrons. The van der Waals surface area contributed by atoms with Crippen molar-refractivity contribution in [2.45, 2.75) is 51.7 Å². The molecule has 2 heterocycles. The molecule has 0 radical (unpaired) electrons. The lowest BCUT2D eigenvalue weighted by atomic mass is 10.1. The zero-order valence-corrected chi connectivity index (χ0v) is 14.3. The first kappa shape index (κ1) is 16.3. The van der Waals surface area contributed by atoms with Gasteiger partial charge in [0.2, 0.25) is 0 Å². The molecule has 2 unspecified atom stereocenters. The molecule has 0 amide bonds. The van der Waals surface area contributed by atoms with Crippen molar-refractivity contribution in [2.75, 3.05) is 5.73 Å². The minimum absolute atomic E-state index is 0.0516. The SMILES string of the molecule is CC(C)n1nc(-c2cnc(N)c(OC(F)F)c2)cc1C1C2CCCC21. The summed E-state index contributed by atoms with van der Waals surface area (Å²) < 4.78 is 31.6. The summed E-state index contributed by atoms with van der Waals surface area (Å²) in [6.07, 6.45) is 5.47. The number of ether oxygens (including phenoxy) is 1. The topological polar surface area (TPSA) is 66.0 Å². The van der Waals surface area contributed by atoms with Crippen molar-refractivity contribution in [2.24, 2.45) is 11.8 Å². The van der Waals surface area contributed by atoms with E-state index in [1.54, 1.807) is 6.20 Å². The van der Waals surface area contributed by atoms with Crippen LogP contribution in [0.2, 0.25) is 0 Å². The molecule has 2 aliphatic rings. The molecule has 0 aliphatic heterocycles. The van der Waals surface area contributed by atoms with Gasteiger partial charge in [0.1, 0.15) is 0 Å². The molecule has 2 fully saturated rings. The molecule has 0 spiro atoms. The first-order valence-corrected chi connectivity index (χ1v) is 8.76. The van der Waals surface area contributed by atoms with E-state index in [0.717, 1.165) is 17.5 Å². The fourth-order valence-electron chi connectivity index (χ4n) is 4.26. The van der Waals surface area contributed by atoms with Crippen LogP contribution in [0.3, 0.4) is 0 Å². The maximum atomic E-state index is 12.5. The number of nitrogens with zero attached hydrogens (tertiary/aromatic N) is 3. The molecule has 0 bridgehead atoms. The average Bonchev–Trinajstić information content (AvgIpc) is 2.94. The molecule has 2 N–H and O–H groups in total. The van der Waals surface area contributed by atoms with Crippen LogP contribution in [0, 0.1) is 11.8 Å². The Kier molecular flexibility index (Phi) is 3.89. The van der Waals surface area contributed by atoms with Gasteiger partial charge in [0.25, 0.3) is 0 Å². The first-order valence-electron chi connectivity index (χ1n) is 8.76. The van der Waals surface area contributed by atoms with E-state index in [9.17, 15) is 8.78 Å². The van der Waals surface area contributed by atoms with Gasteiger partial charge in [0.15, 0.2) is 11.6 Å². The standard InChI is InChI=1S/C18H22F2N4O/c1-9(2)24-14(16-11-4-3-5-12(11)16)7-13(23-24)10-6-15(25-18(19)20)17(21)22-8-10/h6-9,11-12,16,18H,3-5H2,1-2H3,(H2,21,22). The third kappa shape index (κ3) is 2.85. The molecular weight excluding hydrogens is 326 g/mol. The predicted octanol–water partition coefficient (Wildman–Crippen LogP) is 4.22. The van der Waals surface area contributed by atoms with Crippen molar-refractivity contribution in [1.29, 1.82) is 0 Å². The molecule has 2 saturated carbocycles. The fraction of sp³-hybridized carbons (Fsp3) is 0.556. The van der Waals surface area contributed by atoms with Crippen molar-refractivity contribution in [3.8, 4) is 17.0 Å². The lowest BCUT2D eigenvalue weighted by Crippen LogP contribution is -2.08. The van der Waals surface area contributed by atoms with Crippen LogP contribution in [0.15, 0.2) is 18.3 Å². The Morgan fingerprint density at radius 1 is 1.24 bits per heavy atom. The fourth-order valence-corrected chi connectivity index (χ4v) is 4.26. The molecule has 0 aromatic carbocycles. The van der Waals surface area contributed by atoms with Crippen LogP contribution in [0.5, 0.6) is 5.75 Å². The van der Waals surface area contributed by atoms with Gasteiger partial charge in [-0.05, 0) is 50.7 Å². The number of halogens is 2. The summed E-state index contributed by atoms with van der Waals surface area (Å²) in [5, 5.41) is 4.71. The minimum Gasteiger partial charge on any atom is -0.431 e. The van der Waals surface area contributed by atoms with Crippen molar-refractivity contribution in [3.63, 3.8) is 0 Å². The Morgan fingerprint density at radius 3 is 2.60 bits per heavy atom. The van der Waals surface area contributed by atoms with Gasteiger partial charge in [-0.2, -0.15) is 13.9 Å². The summed E-state index contributed by atoms with van der Waals surface area (Å²) in [5.41, 5.74) is 8.23. The zero-order chi connectivity index (χ0) is 17.7. The smallest absolute Gasteiger partial charge is 0.387 e. The predicted molar refractivity (Wildman–Crippen MR) is 90.5 cm³/mol. The van der Waals surface area contributed by atoms with Crippen LogP contribution < -0.4 is 10.5 Å². The molecule has 2 aliphatic carbocycles. The largest absolute Gasteiger partial charge is 0.431 e. The number of fused-ring (bicyclic) bond motifs is 1. The van der Waals surface area contributed by atoms with E-state index >= 15 is 0 Å². The molecule has 25 heavy (non-hydrogen) atoms. The Balaban J connectivity index is 1.69. The summed E-state index contributed by atoms with van der Waals surface area (Å²) in [6.45, 7) is 1.27. The highest BCUT2D eigenvalue weighted by Gasteiger charge is 2.54. The molecule has 2 atom stereocenters. The third-order valence-corrected chi connectivity index (χ3v) is 5.40. The summed E-state index contributed by atoms with van der Waals surface area (Å²) in [7, 11) is 0. The number of alkyl halides is 2. The van der Waals surface area contributed by atoms with E-state index in [0.29, 0.717) is 11.5 Å². The van der Waals surface area contributed by atoms with Gasteiger partial charge in [0.05, 0.1) is 5.69 Å². The molecule has 2 aromatic heterocycles. The molecular formula is C18H22F2N4O. The van der Waals surface area contributed by atoms with E-state index in [4.69, 9.17) is 10.8 Å². The lowest BCUT2D eigenvalue weighted by Gasteiger charge is -2.12. The first-order chi connectivity index (χ1) is 12.0. The van der Waals surface area contributed by atoms with Crippen LogP contribution in [-0.2, 0) is 0 Å². The number of hydrogen-bond donors (Lipinski definition) is 1. The minimum atomic E-state index is -2.94. The maximum absolute atomic E-state index is 12.5. The van der Waals surface area contributed by atoms with Gasteiger partial charge < -0.3 is 10.5 Å². The number of rotatable bonds is 5. The van der Waals surface area contributed by atoms with E-state index < -0.39 is 6.61 Å². The Bertz CT molecular complexity index is 779. The van der Waals surface area contributed by atoms with Crippen molar-refractivity contribution in [1.82, 2.24) is 14.8 Å². The highest BCUT2D eigenvalue weighted by atomic mass is 19.3. The molecule has 0 saturated heterocycles. The second-order valence-corrected chi connectivity index (χ2v) is 7.26. The van der Waals surface area contributed by atoms with Crippen LogP contribution in [-0.4, -0.2) is 21.4 Å². The number of aromatic nitrogens is 3. The number of anilines is 1. The van der Waals surface area contributed by atoms with E-state index in [-0.39, 0.29) is 17.6 Å². The van der Waals surface area contributed by atoms with Gasteiger partial charge in [-0.1, -0.05) is 6.42 Å². The quantitative estimate of drug-likeness (QED) is 0.878. The highest BCUT2D eigenvalue weighted by Crippen LogP contribution is 2.63. The second-order valence-electron chi connectivity index (χ2n) is 7.26. The Morgan fingerprint density at radius 2 is 1.96 bits per heavy atom. The van der Waals surface area contributed by atoms with Gasteiger partial charge in [-0.25, -0.2) is 4.98 Å². The van der Waals surface area contributed by atoms with Gasteiger partial charge in [-0.3, -0.25) is 4.68 Å². The van der Waals surface area contributed by atoms with Gasteiger partial charge in [0, 0.05) is 29.4 Å². The Hall–Kier alpha value is -2.18. The zero-order valence-electron chi connectivity index (χ0n) is 14.3. The number of hydrogen-bond acceptors (Lipinski definition) is 4. The molecule has 4 rings (SSSR count). The van der Waals surface area contributed by atoms with Gasteiger partial charge >= 0.3 is 6.61 Å². The maximum Gasteiger partial charge on any atom is 0.387 e. The van der Waals surface area contributed by atoms with Crippen LogP contribution in [0.25, 0.3) is 11.3 Å². The average molecular weight is 348 g/mol. The summed E-state index contributed by atoms with van der Waals surface area (Å²) >= 11 is 0. The van der Waals surface area contributed by atoms with Crippen molar-refractivity contribution < 1.29 is 13.5 Å². The number of nitrogens with two attached hydrogens (primary N) is 1. The monoisotopic (exact) mass is 348 g/mol. The summed E-state index contributed by atoms with van der Waals surface area (Å²) in [4.78, 5) is 3.98. The summed E-state index contributed by atoms with van der Waals surface area (Å²) in [6, 6.07) is 3.80. The van der Waals surface area contributed by atoms with Crippen LogP contribution in [0.1, 0.15) is 50.8 Å². The molecule has 5 nitrogen and oxygen atoms in total. The van der Waals surface area contributed by atoms with Crippen molar-refractivity contribution in [3.05, 3.63) is 24.0 Å². The normalized spacial score (nSPS) is 24.8. The van der Waals surface area contributed by atoms with E-state index in [1.165, 1.54) is 31.0 Å². The lowest BCUT2D eigenvalue weighted by molar-refractivity contribution is -0.0494. The van der Waals surface area contributed by atoms with Crippen LogP contribution >= 0.6 is 0 Å². The van der Waals surface area contributed by atoms with E-state index in [2.05, 4.69) is 34.3 Å². The molecule has 2 aromatic rings. The Labute approximate surface area is 145 Å². The van der Waals surface area contributed by atoms with Crippen molar-refractivity contribution >= 4 is 5.82 Å². The number of nitrogen functional groups attached to an aromatic ring is 1. The molecule has 7 heteroatoms. The second kappa shape index (κ2) is 5.97.